The van der Waals surface area contributed by atoms with Gasteiger partial charge >= 0.3 is 0 Å². The third-order valence-electron chi connectivity index (χ3n) is 3.85. The van der Waals surface area contributed by atoms with Crippen molar-refractivity contribution in [3.05, 3.63) is 23.9 Å². The minimum atomic E-state index is 0.114. The van der Waals surface area contributed by atoms with Gasteiger partial charge in [0.2, 0.25) is 0 Å². The average Bonchev–Trinajstić information content (AvgIpc) is 2.89. The van der Waals surface area contributed by atoms with E-state index < -0.39 is 0 Å². The summed E-state index contributed by atoms with van der Waals surface area (Å²) in [6.45, 7) is 3.76. The SMILES string of the molecule is CNC(C)c1ccc(N2CC(OC)C(OC)C2)nc1. The Morgan fingerprint density at radius 1 is 1.26 bits per heavy atom. The number of hydrogen-bond donors (Lipinski definition) is 1. The second-order valence-corrected chi connectivity index (χ2v) is 4.91. The van der Waals surface area contributed by atoms with Crippen molar-refractivity contribution in [1.29, 1.82) is 0 Å². The minimum absolute atomic E-state index is 0.114. The first kappa shape index (κ1) is 14.2. The zero-order valence-corrected chi connectivity index (χ0v) is 12.1. The molecule has 3 atom stereocenters. The van der Waals surface area contributed by atoms with Crippen LogP contribution in [0.2, 0.25) is 0 Å². The van der Waals surface area contributed by atoms with Gasteiger partial charge in [-0.25, -0.2) is 4.98 Å². The number of methoxy groups -OCH3 is 2. The smallest absolute Gasteiger partial charge is 0.128 e. The van der Waals surface area contributed by atoms with E-state index in [9.17, 15) is 0 Å². The fourth-order valence-corrected chi connectivity index (χ4v) is 2.39. The summed E-state index contributed by atoms with van der Waals surface area (Å²) in [5.41, 5.74) is 1.19. The lowest BCUT2D eigenvalue weighted by Gasteiger charge is -2.18. The van der Waals surface area contributed by atoms with Crippen molar-refractivity contribution >= 4 is 5.82 Å². The van der Waals surface area contributed by atoms with E-state index in [1.807, 2.05) is 13.2 Å². The van der Waals surface area contributed by atoms with E-state index in [0.717, 1.165) is 18.9 Å². The van der Waals surface area contributed by atoms with E-state index in [2.05, 4.69) is 34.3 Å². The molecule has 0 aromatic carbocycles. The molecule has 0 saturated carbocycles. The van der Waals surface area contributed by atoms with Crippen LogP contribution in [0.1, 0.15) is 18.5 Å². The molecule has 5 nitrogen and oxygen atoms in total. The Kier molecular flexibility index (Phi) is 4.74. The highest BCUT2D eigenvalue weighted by atomic mass is 16.5. The van der Waals surface area contributed by atoms with Crippen molar-refractivity contribution in [3.8, 4) is 0 Å². The summed E-state index contributed by atoms with van der Waals surface area (Å²) in [6, 6.07) is 4.50. The first-order valence-electron chi connectivity index (χ1n) is 6.63. The molecule has 1 fully saturated rings. The molecule has 0 aliphatic carbocycles. The molecular weight excluding hydrogens is 242 g/mol. The van der Waals surface area contributed by atoms with Gasteiger partial charge in [0.1, 0.15) is 18.0 Å². The van der Waals surface area contributed by atoms with Crippen LogP contribution in [-0.2, 0) is 9.47 Å². The zero-order valence-electron chi connectivity index (χ0n) is 12.1. The van der Waals surface area contributed by atoms with E-state index in [1.54, 1.807) is 14.2 Å². The summed E-state index contributed by atoms with van der Waals surface area (Å²) >= 11 is 0. The van der Waals surface area contributed by atoms with E-state index in [1.165, 1.54) is 5.56 Å². The van der Waals surface area contributed by atoms with Crippen LogP contribution in [0, 0.1) is 0 Å². The quantitative estimate of drug-likeness (QED) is 0.867. The van der Waals surface area contributed by atoms with Crippen molar-refractivity contribution < 1.29 is 9.47 Å². The highest BCUT2D eigenvalue weighted by Crippen LogP contribution is 2.22. The summed E-state index contributed by atoms with van der Waals surface area (Å²) in [6.07, 6.45) is 2.16. The molecule has 19 heavy (non-hydrogen) atoms. The predicted molar refractivity (Wildman–Crippen MR) is 75.5 cm³/mol. The number of pyridine rings is 1. The lowest BCUT2D eigenvalue weighted by atomic mass is 10.1. The van der Waals surface area contributed by atoms with Crippen LogP contribution < -0.4 is 10.2 Å². The minimum Gasteiger partial charge on any atom is -0.377 e. The van der Waals surface area contributed by atoms with Crippen LogP contribution >= 0.6 is 0 Å². The van der Waals surface area contributed by atoms with Gasteiger partial charge in [0.25, 0.3) is 0 Å². The molecule has 3 unspecified atom stereocenters. The second-order valence-electron chi connectivity index (χ2n) is 4.91. The molecule has 0 bridgehead atoms. The van der Waals surface area contributed by atoms with Crippen LogP contribution in [0.3, 0.4) is 0 Å². The summed E-state index contributed by atoms with van der Waals surface area (Å²) in [7, 11) is 5.40. The molecule has 1 aliphatic heterocycles. The van der Waals surface area contributed by atoms with E-state index in [-0.39, 0.29) is 12.2 Å². The molecule has 0 spiro atoms. The maximum atomic E-state index is 5.44. The summed E-state index contributed by atoms with van der Waals surface area (Å²) in [5.74, 6) is 0.980. The maximum absolute atomic E-state index is 5.44. The Morgan fingerprint density at radius 3 is 2.32 bits per heavy atom. The molecular formula is C14H23N3O2. The second kappa shape index (κ2) is 6.32. The number of rotatable bonds is 5. The lowest BCUT2D eigenvalue weighted by Crippen LogP contribution is -2.27. The zero-order chi connectivity index (χ0) is 13.8. The van der Waals surface area contributed by atoms with Crippen molar-refractivity contribution in [1.82, 2.24) is 10.3 Å². The molecule has 1 aromatic heterocycles. The van der Waals surface area contributed by atoms with Gasteiger partial charge in [-0.1, -0.05) is 6.07 Å². The van der Waals surface area contributed by atoms with Crippen LogP contribution in [0.5, 0.6) is 0 Å². The number of anilines is 1. The molecule has 1 N–H and O–H groups in total. The van der Waals surface area contributed by atoms with Gasteiger partial charge in [0.05, 0.1) is 0 Å². The third kappa shape index (κ3) is 3.05. The predicted octanol–water partition coefficient (Wildman–Crippen LogP) is 1.21. The number of nitrogens with one attached hydrogen (secondary N) is 1. The highest BCUT2D eigenvalue weighted by Gasteiger charge is 2.33. The Balaban J connectivity index is 2.07. The molecule has 0 amide bonds. The van der Waals surface area contributed by atoms with Gasteiger partial charge in [-0.15, -0.1) is 0 Å². The van der Waals surface area contributed by atoms with Crippen molar-refractivity contribution in [2.75, 3.05) is 39.3 Å². The highest BCUT2D eigenvalue weighted by molar-refractivity contribution is 5.42. The van der Waals surface area contributed by atoms with Gasteiger partial charge in [-0.2, -0.15) is 0 Å². The maximum Gasteiger partial charge on any atom is 0.128 e. The normalized spacial score (nSPS) is 24.7. The third-order valence-corrected chi connectivity index (χ3v) is 3.85. The first-order valence-corrected chi connectivity index (χ1v) is 6.63. The Bertz CT molecular complexity index is 384. The number of nitrogens with zero attached hydrogens (tertiary/aromatic N) is 2. The molecule has 2 heterocycles. The van der Waals surface area contributed by atoms with Crippen molar-refractivity contribution in [2.45, 2.75) is 25.2 Å². The molecule has 1 aromatic rings. The van der Waals surface area contributed by atoms with Crippen LogP contribution in [0.25, 0.3) is 0 Å². The largest absolute Gasteiger partial charge is 0.377 e. The van der Waals surface area contributed by atoms with E-state index in [4.69, 9.17) is 9.47 Å². The summed E-state index contributed by atoms with van der Waals surface area (Å²) in [4.78, 5) is 6.75. The van der Waals surface area contributed by atoms with E-state index >= 15 is 0 Å². The van der Waals surface area contributed by atoms with Gasteiger partial charge in [-0.3, -0.25) is 0 Å². The number of hydrogen-bond acceptors (Lipinski definition) is 5. The average molecular weight is 265 g/mol. The Hall–Kier alpha value is -1.17. The molecule has 1 aliphatic rings. The topological polar surface area (TPSA) is 46.6 Å². The molecule has 5 heteroatoms. The Labute approximate surface area is 114 Å². The standard InChI is InChI=1S/C14H23N3O2/c1-10(15-2)11-5-6-14(16-7-11)17-8-12(18-3)13(9-17)19-4/h5-7,10,12-13,15H,8-9H2,1-4H3. The lowest BCUT2D eigenvalue weighted by molar-refractivity contribution is -0.00461. The fourth-order valence-electron chi connectivity index (χ4n) is 2.39. The molecule has 0 radical (unpaired) electrons. The van der Waals surface area contributed by atoms with Crippen LogP contribution in [-0.4, -0.2) is 51.5 Å². The van der Waals surface area contributed by atoms with Crippen molar-refractivity contribution in [2.24, 2.45) is 0 Å². The first-order chi connectivity index (χ1) is 9.19. The van der Waals surface area contributed by atoms with Crippen LogP contribution in [0.15, 0.2) is 18.3 Å². The van der Waals surface area contributed by atoms with Crippen molar-refractivity contribution in [3.63, 3.8) is 0 Å². The molecule has 2 rings (SSSR count). The van der Waals surface area contributed by atoms with E-state index in [0.29, 0.717) is 6.04 Å². The number of aromatic nitrogens is 1. The van der Waals surface area contributed by atoms with Gasteiger partial charge in [-0.05, 0) is 25.6 Å². The summed E-state index contributed by atoms with van der Waals surface area (Å²) < 4.78 is 10.9. The number of ether oxygens (including phenoxy) is 2. The van der Waals surface area contributed by atoms with Gasteiger partial charge in [0, 0.05) is 39.5 Å². The van der Waals surface area contributed by atoms with Gasteiger partial charge in [0.15, 0.2) is 0 Å². The molecule has 1 saturated heterocycles. The Morgan fingerprint density at radius 2 is 1.89 bits per heavy atom. The summed E-state index contributed by atoms with van der Waals surface area (Å²) in [5, 5.41) is 3.21. The molecule has 106 valence electrons. The van der Waals surface area contributed by atoms with Gasteiger partial charge < -0.3 is 19.7 Å². The monoisotopic (exact) mass is 265 g/mol. The van der Waals surface area contributed by atoms with Crippen LogP contribution in [0.4, 0.5) is 5.82 Å². The fraction of sp³-hybridized carbons (Fsp3) is 0.643.